The molecule has 6 fully saturated rings. The monoisotopic (exact) mass is 549 g/mol. The largest absolute Gasteiger partial charge is 0.504 e. The molecule has 2 aliphatic heterocycles. The molecule has 2 unspecified atom stereocenters. The number of ether oxygens (including phenoxy) is 2. The molecule has 0 amide bonds. The molecule has 39 heavy (non-hydrogen) atoms. The van der Waals surface area contributed by atoms with E-state index in [9.17, 15) is 10.2 Å². The van der Waals surface area contributed by atoms with Crippen LogP contribution in [0.4, 0.5) is 0 Å². The summed E-state index contributed by atoms with van der Waals surface area (Å²) in [5.41, 5.74) is 0.000673. The highest BCUT2D eigenvalue weighted by Gasteiger charge is 2.88. The molecule has 210 valence electrons. The molecule has 8 atom stereocenters. The number of benzene rings is 1. The predicted octanol–water partition coefficient (Wildman–Crippen LogP) is 5.83. The summed E-state index contributed by atoms with van der Waals surface area (Å²) in [6.45, 7) is 8.95. The Morgan fingerprint density at radius 2 is 2.03 bits per heavy atom. The van der Waals surface area contributed by atoms with Crippen LogP contribution in [0.3, 0.4) is 0 Å². The lowest BCUT2D eigenvalue weighted by Gasteiger charge is -2.73. The minimum atomic E-state index is -0.902. The highest BCUT2D eigenvalue weighted by Crippen LogP contribution is 2.83. The number of phenols is 1. The highest BCUT2D eigenvalue weighted by atomic mass is 32.1. The van der Waals surface area contributed by atoms with Gasteiger partial charge in [0.2, 0.25) is 0 Å². The van der Waals surface area contributed by atoms with E-state index >= 15 is 0 Å². The molecular weight excluding hydrogens is 506 g/mol. The Hall–Kier alpha value is -1.60. The zero-order valence-corrected chi connectivity index (χ0v) is 24.7. The summed E-state index contributed by atoms with van der Waals surface area (Å²) in [5.74, 6) is 2.36. The van der Waals surface area contributed by atoms with Gasteiger partial charge in [-0.3, -0.25) is 4.90 Å². The third-order valence-corrected chi connectivity index (χ3v) is 13.8. The predicted molar refractivity (Wildman–Crippen MR) is 153 cm³/mol. The molecule has 2 bridgehead atoms. The Bertz CT molecular complexity index is 1320. The summed E-state index contributed by atoms with van der Waals surface area (Å²) < 4.78 is 13.9. The number of aromatic hydroxyl groups is 1. The zero-order chi connectivity index (χ0) is 27.0. The maximum Gasteiger partial charge on any atom is 0.166 e. The maximum atomic E-state index is 12.4. The summed E-state index contributed by atoms with van der Waals surface area (Å²) >= 11 is 1.77. The molecule has 5 aliphatic carbocycles. The number of hydrogen-bond donors (Lipinski definition) is 2. The van der Waals surface area contributed by atoms with Gasteiger partial charge in [0.25, 0.3) is 0 Å². The van der Waals surface area contributed by atoms with E-state index in [1.165, 1.54) is 41.9 Å². The van der Waals surface area contributed by atoms with E-state index in [0.717, 1.165) is 38.0 Å². The fourth-order valence-electron chi connectivity index (χ4n) is 11.2. The Labute approximate surface area is 236 Å². The standard InChI is InChI=1S/C33H43NO4S/c1-20-7-10-24(35)27-26(20)32-16-22-19-34(18-21-8-9-21)28(22)31(32)13-14-33(37-4,30(32,3)38-27)25(17-31)29(2,36)12-11-23-6-5-15-39-23/h5-7,10,15,21-22,25,28,35-36H,8-9,11-14,16-19H2,1-4H3/t22?,25?,28-,29-,30+,31-,32+,33-/m1/s1. The van der Waals surface area contributed by atoms with E-state index in [1.54, 1.807) is 17.4 Å². The summed E-state index contributed by atoms with van der Waals surface area (Å²) in [5, 5.41) is 25.8. The van der Waals surface area contributed by atoms with Crippen LogP contribution < -0.4 is 4.74 Å². The van der Waals surface area contributed by atoms with Crippen LogP contribution in [-0.2, 0) is 16.6 Å². The summed E-state index contributed by atoms with van der Waals surface area (Å²) in [6.07, 6.45) is 8.33. The number of methoxy groups -OCH3 is 1. The van der Waals surface area contributed by atoms with Crippen molar-refractivity contribution in [3.05, 3.63) is 45.6 Å². The molecule has 2 aromatic rings. The van der Waals surface area contributed by atoms with E-state index in [-0.39, 0.29) is 22.5 Å². The number of likely N-dealkylation sites (tertiary alicyclic amines) is 1. The molecule has 1 aromatic heterocycles. The second kappa shape index (κ2) is 7.81. The van der Waals surface area contributed by atoms with E-state index in [1.807, 2.05) is 7.11 Å². The van der Waals surface area contributed by atoms with Gasteiger partial charge in [0.05, 0.1) is 5.60 Å². The van der Waals surface area contributed by atoms with Crippen LogP contribution in [0.5, 0.6) is 11.5 Å². The average molecular weight is 550 g/mol. The highest BCUT2D eigenvalue weighted by molar-refractivity contribution is 7.09. The average Bonchev–Trinajstić information content (AvgIpc) is 3.36. The van der Waals surface area contributed by atoms with Crippen molar-refractivity contribution in [3.63, 3.8) is 0 Å². The van der Waals surface area contributed by atoms with E-state index in [4.69, 9.17) is 9.47 Å². The Morgan fingerprint density at radius 1 is 1.21 bits per heavy atom. The molecule has 3 heterocycles. The first-order valence-corrected chi connectivity index (χ1v) is 16.1. The smallest absolute Gasteiger partial charge is 0.166 e. The van der Waals surface area contributed by atoms with Crippen molar-refractivity contribution in [3.8, 4) is 11.5 Å². The van der Waals surface area contributed by atoms with Crippen molar-refractivity contribution in [1.82, 2.24) is 4.90 Å². The second-order valence-electron chi connectivity index (χ2n) is 14.4. The molecule has 0 radical (unpaired) electrons. The van der Waals surface area contributed by atoms with Crippen molar-refractivity contribution in [1.29, 1.82) is 0 Å². The third-order valence-electron chi connectivity index (χ3n) is 12.8. The van der Waals surface area contributed by atoms with Crippen LogP contribution in [0.2, 0.25) is 0 Å². The number of thiophene rings is 1. The Morgan fingerprint density at radius 3 is 2.74 bits per heavy atom. The number of hydrogen-bond acceptors (Lipinski definition) is 6. The second-order valence-corrected chi connectivity index (χ2v) is 15.4. The first-order chi connectivity index (χ1) is 18.6. The van der Waals surface area contributed by atoms with Crippen LogP contribution in [0.25, 0.3) is 0 Å². The lowest BCUT2D eigenvalue weighted by Crippen LogP contribution is -2.83. The Kier molecular flexibility index (Phi) is 5.04. The fourth-order valence-corrected chi connectivity index (χ4v) is 11.9. The lowest BCUT2D eigenvalue weighted by atomic mass is 9.35. The number of aryl methyl sites for hydroxylation is 2. The zero-order valence-electron chi connectivity index (χ0n) is 23.8. The topological polar surface area (TPSA) is 62.2 Å². The Balaban J connectivity index is 1.31. The SMILES string of the molecule is CO[C@]12CC[C@@]3(CC1[C@](C)(O)CCc1cccs1)[C@H]1C(CN1CC1CC1)C[C@@]31c3c(C)ccc(O)c3O[C@@]12C. The molecule has 6 heteroatoms. The van der Waals surface area contributed by atoms with Crippen molar-refractivity contribution >= 4 is 11.3 Å². The van der Waals surface area contributed by atoms with Gasteiger partial charge < -0.3 is 19.7 Å². The van der Waals surface area contributed by atoms with Gasteiger partial charge in [0.15, 0.2) is 11.5 Å². The van der Waals surface area contributed by atoms with Gasteiger partial charge in [0.1, 0.15) is 11.2 Å². The van der Waals surface area contributed by atoms with E-state index in [0.29, 0.717) is 24.1 Å². The molecule has 1 saturated heterocycles. The van der Waals surface area contributed by atoms with E-state index in [2.05, 4.69) is 49.3 Å². The van der Waals surface area contributed by atoms with Gasteiger partial charge in [-0.05, 0) is 107 Å². The summed E-state index contributed by atoms with van der Waals surface area (Å²) in [7, 11) is 1.85. The van der Waals surface area contributed by atoms with Crippen molar-refractivity contribution in [2.75, 3.05) is 20.2 Å². The number of aliphatic hydroxyl groups is 1. The van der Waals surface area contributed by atoms with Gasteiger partial charge in [0, 0.05) is 53.4 Å². The number of rotatable bonds is 7. The summed E-state index contributed by atoms with van der Waals surface area (Å²) in [4.78, 5) is 4.14. The van der Waals surface area contributed by atoms with Crippen LogP contribution in [-0.4, -0.2) is 58.2 Å². The molecule has 9 rings (SSSR count). The lowest BCUT2D eigenvalue weighted by molar-refractivity contribution is -0.317. The molecule has 2 N–H and O–H groups in total. The number of nitrogens with zero attached hydrogens (tertiary/aromatic N) is 1. The van der Waals surface area contributed by atoms with Crippen molar-refractivity contribution < 1.29 is 19.7 Å². The minimum Gasteiger partial charge on any atom is -0.504 e. The fraction of sp³-hybridized carbons (Fsp3) is 0.697. The molecule has 2 spiro atoms. The summed E-state index contributed by atoms with van der Waals surface area (Å²) in [6, 6.07) is 8.68. The number of phenolic OH excluding ortho intramolecular Hbond substituents is 1. The van der Waals surface area contributed by atoms with Gasteiger partial charge >= 0.3 is 0 Å². The van der Waals surface area contributed by atoms with Crippen molar-refractivity contribution in [2.24, 2.45) is 23.2 Å². The van der Waals surface area contributed by atoms with Crippen LogP contribution in [0.15, 0.2) is 29.6 Å². The van der Waals surface area contributed by atoms with Crippen LogP contribution in [0, 0.1) is 30.1 Å². The van der Waals surface area contributed by atoms with Crippen LogP contribution >= 0.6 is 11.3 Å². The van der Waals surface area contributed by atoms with Crippen LogP contribution in [0.1, 0.15) is 74.8 Å². The van der Waals surface area contributed by atoms with Gasteiger partial charge in [-0.2, -0.15) is 0 Å². The molecule has 5 nitrogen and oxygen atoms in total. The first-order valence-electron chi connectivity index (χ1n) is 15.2. The quantitative estimate of drug-likeness (QED) is 0.455. The minimum absolute atomic E-state index is 0.0127. The number of fused-ring (bicyclic) bond motifs is 4. The van der Waals surface area contributed by atoms with Gasteiger partial charge in [-0.1, -0.05) is 12.1 Å². The van der Waals surface area contributed by atoms with Crippen molar-refractivity contribution in [2.45, 2.75) is 100 Å². The van der Waals surface area contributed by atoms with Gasteiger partial charge in [-0.25, -0.2) is 0 Å². The third kappa shape index (κ3) is 2.83. The first kappa shape index (κ1) is 25.1. The molecular formula is C33H43NO4S. The van der Waals surface area contributed by atoms with E-state index < -0.39 is 16.8 Å². The normalized spacial score (nSPS) is 43.2. The molecule has 1 aromatic carbocycles. The molecule has 5 saturated carbocycles. The van der Waals surface area contributed by atoms with Gasteiger partial charge in [-0.15, -0.1) is 11.3 Å². The molecule has 7 aliphatic rings. The maximum absolute atomic E-state index is 12.4.